The molecule has 0 radical (unpaired) electrons. The molecule has 2 heterocycles. The third-order valence-electron chi connectivity index (χ3n) is 5.03. The lowest BCUT2D eigenvalue weighted by Gasteiger charge is -2.23. The second-order valence-corrected chi connectivity index (χ2v) is 8.00. The number of aryl methyl sites for hydroxylation is 1. The van der Waals surface area contributed by atoms with Crippen molar-refractivity contribution in [3.63, 3.8) is 0 Å². The Labute approximate surface area is 171 Å². The van der Waals surface area contributed by atoms with E-state index in [2.05, 4.69) is 4.98 Å². The van der Waals surface area contributed by atoms with Gasteiger partial charge in [-0.1, -0.05) is 47.7 Å². The van der Waals surface area contributed by atoms with E-state index in [1.807, 2.05) is 48.5 Å². The first kappa shape index (κ1) is 17.8. The number of carbonyl (C=O) groups is 1. The highest BCUT2D eigenvalue weighted by Crippen LogP contribution is 2.37. The molecule has 0 N–H and O–H groups in total. The average molecular weight is 404 g/mol. The Bertz CT molecular complexity index is 1180. The summed E-state index contributed by atoms with van der Waals surface area (Å²) in [5.41, 5.74) is 2.75. The van der Waals surface area contributed by atoms with Gasteiger partial charge in [-0.2, -0.15) is 0 Å². The molecule has 0 saturated heterocycles. The van der Waals surface area contributed by atoms with Crippen molar-refractivity contribution in [1.29, 1.82) is 0 Å². The first-order chi connectivity index (χ1) is 14.1. The maximum absolute atomic E-state index is 14.3. The van der Waals surface area contributed by atoms with Gasteiger partial charge in [-0.15, -0.1) is 0 Å². The number of thiazole rings is 1. The fraction of sp³-hybridized carbons (Fsp3) is 0.130. The molecule has 1 unspecified atom stereocenters. The molecule has 4 nitrogen and oxygen atoms in total. The Morgan fingerprint density at radius 1 is 1.14 bits per heavy atom. The van der Waals surface area contributed by atoms with Crippen LogP contribution in [-0.2, 0) is 11.2 Å². The number of anilines is 2. The number of rotatable bonds is 3. The van der Waals surface area contributed by atoms with E-state index >= 15 is 0 Å². The van der Waals surface area contributed by atoms with Gasteiger partial charge in [0.25, 0.3) is 5.91 Å². The summed E-state index contributed by atoms with van der Waals surface area (Å²) in [5, 5.41) is 0.499. The van der Waals surface area contributed by atoms with Gasteiger partial charge in [0.05, 0.1) is 15.9 Å². The summed E-state index contributed by atoms with van der Waals surface area (Å²) in [7, 11) is 0. The van der Waals surface area contributed by atoms with Crippen LogP contribution in [0.3, 0.4) is 0 Å². The maximum Gasteiger partial charge on any atom is 0.274 e. The zero-order chi connectivity index (χ0) is 20.0. The van der Waals surface area contributed by atoms with Crippen LogP contribution in [0, 0.1) is 12.7 Å². The van der Waals surface area contributed by atoms with Gasteiger partial charge in [0, 0.05) is 6.42 Å². The van der Waals surface area contributed by atoms with Gasteiger partial charge in [-0.3, -0.25) is 9.69 Å². The number of halogens is 1. The summed E-state index contributed by atoms with van der Waals surface area (Å²) < 4.78 is 21.2. The van der Waals surface area contributed by atoms with Gasteiger partial charge in [-0.05, 0) is 48.4 Å². The number of carbonyl (C=O) groups excluding carboxylic acids is 1. The highest BCUT2D eigenvalue weighted by Gasteiger charge is 2.35. The van der Waals surface area contributed by atoms with Crippen molar-refractivity contribution in [1.82, 2.24) is 4.98 Å². The fourth-order valence-electron chi connectivity index (χ4n) is 3.47. The minimum absolute atomic E-state index is 0.261. The zero-order valence-electron chi connectivity index (χ0n) is 15.6. The standard InChI is InChI=1S/C23H17FN2O2S/c1-14-10-11-16(13-17(14)24)26(23-25-18-7-3-5-9-21(18)29-23)22(27)20-12-15-6-2-4-8-19(15)28-20/h2-11,13,20H,12H2,1H3. The predicted octanol–water partition coefficient (Wildman–Crippen LogP) is 5.41. The van der Waals surface area contributed by atoms with Crippen molar-refractivity contribution >= 4 is 38.3 Å². The lowest BCUT2D eigenvalue weighted by atomic mass is 10.1. The normalized spacial score (nSPS) is 15.2. The summed E-state index contributed by atoms with van der Waals surface area (Å²) in [6, 6.07) is 20.1. The van der Waals surface area contributed by atoms with Crippen LogP contribution in [0.4, 0.5) is 15.2 Å². The lowest BCUT2D eigenvalue weighted by molar-refractivity contribution is -0.123. The lowest BCUT2D eigenvalue weighted by Crippen LogP contribution is -2.38. The number of benzene rings is 3. The molecule has 1 aromatic heterocycles. The van der Waals surface area contributed by atoms with E-state index in [1.165, 1.54) is 22.3 Å². The number of amides is 1. The number of hydrogen-bond donors (Lipinski definition) is 0. The number of aromatic nitrogens is 1. The molecule has 1 aliphatic heterocycles. The monoisotopic (exact) mass is 404 g/mol. The van der Waals surface area contributed by atoms with Crippen molar-refractivity contribution in [3.05, 3.63) is 83.7 Å². The van der Waals surface area contributed by atoms with Crippen LogP contribution in [0.5, 0.6) is 5.75 Å². The summed E-state index contributed by atoms with van der Waals surface area (Å²) >= 11 is 1.40. The average Bonchev–Trinajstić information content (AvgIpc) is 3.34. The van der Waals surface area contributed by atoms with E-state index in [1.54, 1.807) is 19.1 Å². The first-order valence-corrected chi connectivity index (χ1v) is 10.1. The van der Waals surface area contributed by atoms with Crippen LogP contribution in [0.25, 0.3) is 10.2 Å². The molecule has 3 aromatic carbocycles. The van der Waals surface area contributed by atoms with Gasteiger partial charge in [0.15, 0.2) is 11.2 Å². The SMILES string of the molecule is Cc1ccc(N(C(=O)C2Cc3ccccc3O2)c2nc3ccccc3s2)cc1F. The molecule has 0 saturated carbocycles. The summed E-state index contributed by atoms with van der Waals surface area (Å²) in [6.07, 6.45) is -0.200. The minimum atomic E-state index is -0.677. The maximum atomic E-state index is 14.3. The number of nitrogens with zero attached hydrogens (tertiary/aromatic N) is 2. The Morgan fingerprint density at radius 2 is 1.93 bits per heavy atom. The highest BCUT2D eigenvalue weighted by molar-refractivity contribution is 7.22. The van der Waals surface area contributed by atoms with Crippen molar-refractivity contribution in [2.45, 2.75) is 19.4 Å². The van der Waals surface area contributed by atoms with Crippen molar-refractivity contribution in [3.8, 4) is 5.75 Å². The third kappa shape index (κ3) is 3.15. The molecule has 6 heteroatoms. The topological polar surface area (TPSA) is 42.4 Å². The third-order valence-corrected chi connectivity index (χ3v) is 6.05. The van der Waals surface area contributed by atoms with Crippen LogP contribution < -0.4 is 9.64 Å². The van der Waals surface area contributed by atoms with Crippen molar-refractivity contribution < 1.29 is 13.9 Å². The Balaban J connectivity index is 1.58. The minimum Gasteiger partial charge on any atom is -0.480 e. The molecular weight excluding hydrogens is 387 g/mol. The number of hydrogen-bond acceptors (Lipinski definition) is 4. The van der Waals surface area contributed by atoms with Crippen LogP contribution in [-0.4, -0.2) is 17.0 Å². The predicted molar refractivity (Wildman–Crippen MR) is 112 cm³/mol. The Morgan fingerprint density at radius 3 is 2.72 bits per heavy atom. The van der Waals surface area contributed by atoms with Crippen LogP contribution in [0.1, 0.15) is 11.1 Å². The molecule has 1 atom stereocenters. The highest BCUT2D eigenvalue weighted by atomic mass is 32.1. The molecule has 0 aliphatic carbocycles. The van der Waals surface area contributed by atoms with Gasteiger partial charge in [-0.25, -0.2) is 9.37 Å². The van der Waals surface area contributed by atoms with E-state index in [0.717, 1.165) is 15.8 Å². The summed E-state index contributed by atoms with van der Waals surface area (Å²) in [4.78, 5) is 19.6. The molecule has 5 rings (SSSR count). The van der Waals surface area contributed by atoms with Crippen LogP contribution in [0.15, 0.2) is 66.7 Å². The molecule has 144 valence electrons. The Hall–Kier alpha value is -3.25. The largest absolute Gasteiger partial charge is 0.480 e. The van der Waals surface area contributed by atoms with Gasteiger partial charge in [0.2, 0.25) is 0 Å². The molecular formula is C23H17FN2O2S. The fourth-order valence-corrected chi connectivity index (χ4v) is 4.46. The van der Waals surface area contributed by atoms with Crippen LogP contribution >= 0.6 is 11.3 Å². The van der Waals surface area contributed by atoms with Crippen molar-refractivity contribution in [2.75, 3.05) is 4.90 Å². The smallest absolute Gasteiger partial charge is 0.274 e. The van der Waals surface area contributed by atoms with Gasteiger partial charge < -0.3 is 4.74 Å². The number of para-hydroxylation sites is 2. The van der Waals surface area contributed by atoms with E-state index < -0.39 is 6.10 Å². The molecule has 0 fully saturated rings. The van der Waals surface area contributed by atoms with Crippen LogP contribution in [0.2, 0.25) is 0 Å². The first-order valence-electron chi connectivity index (χ1n) is 9.30. The van der Waals surface area contributed by atoms with Crippen molar-refractivity contribution in [2.24, 2.45) is 0 Å². The number of ether oxygens (including phenoxy) is 1. The number of fused-ring (bicyclic) bond motifs is 2. The molecule has 1 aliphatic rings. The second kappa shape index (κ2) is 6.97. The van der Waals surface area contributed by atoms with E-state index in [-0.39, 0.29) is 11.7 Å². The summed E-state index contributed by atoms with van der Waals surface area (Å²) in [6.45, 7) is 1.69. The molecule has 0 bridgehead atoms. The quantitative estimate of drug-likeness (QED) is 0.458. The zero-order valence-corrected chi connectivity index (χ0v) is 16.4. The second-order valence-electron chi connectivity index (χ2n) is 6.99. The van der Waals surface area contributed by atoms with E-state index in [4.69, 9.17) is 4.74 Å². The summed E-state index contributed by atoms with van der Waals surface area (Å²) in [5.74, 6) is 0.0886. The van der Waals surface area contributed by atoms with Gasteiger partial charge in [0.1, 0.15) is 11.6 Å². The molecule has 29 heavy (non-hydrogen) atoms. The molecule has 4 aromatic rings. The van der Waals surface area contributed by atoms with Gasteiger partial charge >= 0.3 is 0 Å². The van der Waals surface area contributed by atoms with E-state index in [9.17, 15) is 9.18 Å². The Kier molecular flexibility index (Phi) is 4.28. The molecule has 1 amide bonds. The van der Waals surface area contributed by atoms with E-state index in [0.29, 0.717) is 28.6 Å². The molecule has 0 spiro atoms.